The zero-order valence-electron chi connectivity index (χ0n) is 10.4. The first-order valence-corrected chi connectivity index (χ1v) is 6.67. The molecule has 1 aliphatic rings. The first-order chi connectivity index (χ1) is 7.90. The third kappa shape index (κ3) is 1.73. The van der Waals surface area contributed by atoms with E-state index in [1.165, 1.54) is 11.3 Å². The number of hydrogen-bond donors (Lipinski definition) is 1. The van der Waals surface area contributed by atoms with Crippen LogP contribution < -0.4 is 5.73 Å². The number of halogens is 1. The predicted octanol–water partition coefficient (Wildman–Crippen LogP) is 3.40. The maximum atomic E-state index is 13.8. The number of thiophene rings is 1. The lowest BCUT2D eigenvalue weighted by Gasteiger charge is -2.39. The van der Waals surface area contributed by atoms with Crippen LogP contribution in [0.4, 0.5) is 9.39 Å². The van der Waals surface area contributed by atoms with Gasteiger partial charge in [0.2, 0.25) is 0 Å². The Morgan fingerprint density at radius 2 is 2.24 bits per heavy atom. The molecule has 92 valence electrons. The van der Waals surface area contributed by atoms with Crippen molar-refractivity contribution in [1.82, 2.24) is 0 Å². The number of fused-ring (bicyclic) bond motifs is 1. The van der Waals surface area contributed by atoms with Gasteiger partial charge in [-0.25, -0.2) is 4.39 Å². The average molecular weight is 252 g/mol. The van der Waals surface area contributed by atoms with Crippen LogP contribution in [-0.2, 0) is 11.8 Å². The molecule has 0 fully saturated rings. The first kappa shape index (κ1) is 12.4. The van der Waals surface area contributed by atoms with Crippen molar-refractivity contribution in [3.8, 4) is 6.07 Å². The quantitative estimate of drug-likeness (QED) is 0.832. The minimum Gasteiger partial charge on any atom is -0.389 e. The number of nitrogens with zero attached hydrogens (tertiary/aromatic N) is 1. The number of nitrogen functional groups attached to an aromatic ring is 1. The maximum absolute atomic E-state index is 13.8. The molecule has 2 N–H and O–H groups in total. The van der Waals surface area contributed by atoms with Gasteiger partial charge >= 0.3 is 0 Å². The molecule has 1 aromatic heterocycles. The van der Waals surface area contributed by atoms with Crippen molar-refractivity contribution in [2.75, 3.05) is 5.73 Å². The number of nitrogens with two attached hydrogens (primary N) is 1. The zero-order valence-corrected chi connectivity index (χ0v) is 11.2. The van der Waals surface area contributed by atoms with Crippen LogP contribution in [0.3, 0.4) is 0 Å². The van der Waals surface area contributed by atoms with Crippen molar-refractivity contribution in [3.63, 3.8) is 0 Å². The van der Waals surface area contributed by atoms with Gasteiger partial charge in [0.1, 0.15) is 17.2 Å². The summed E-state index contributed by atoms with van der Waals surface area (Å²) < 4.78 is 13.8. The monoisotopic (exact) mass is 252 g/mol. The van der Waals surface area contributed by atoms with Gasteiger partial charge in [-0.2, -0.15) is 5.26 Å². The molecule has 2 rings (SSSR count). The lowest BCUT2D eigenvalue weighted by atomic mass is 9.65. The Hall–Kier alpha value is -1.08. The minimum atomic E-state index is -0.820. The van der Waals surface area contributed by atoms with E-state index in [1.807, 2.05) is 0 Å². The summed E-state index contributed by atoms with van der Waals surface area (Å²) in [5.74, 6) is 0.292. The third-order valence-electron chi connectivity index (χ3n) is 4.02. The van der Waals surface area contributed by atoms with Gasteiger partial charge in [0, 0.05) is 16.7 Å². The molecule has 2 nitrogen and oxygen atoms in total. The molecule has 0 bridgehead atoms. The van der Waals surface area contributed by atoms with Crippen LogP contribution in [0.5, 0.6) is 0 Å². The Bertz CT molecular complexity index is 486. The van der Waals surface area contributed by atoms with Gasteiger partial charge < -0.3 is 5.73 Å². The van der Waals surface area contributed by atoms with Gasteiger partial charge in [-0.15, -0.1) is 11.3 Å². The van der Waals surface area contributed by atoms with Crippen molar-refractivity contribution in [2.45, 2.75) is 45.2 Å². The molecule has 0 saturated heterocycles. The fraction of sp³-hybridized carbons (Fsp3) is 0.615. The van der Waals surface area contributed by atoms with Gasteiger partial charge in [-0.1, -0.05) is 20.8 Å². The van der Waals surface area contributed by atoms with E-state index < -0.39 is 6.17 Å². The zero-order chi connectivity index (χ0) is 12.8. The Morgan fingerprint density at radius 3 is 2.76 bits per heavy atom. The second-order valence-electron chi connectivity index (χ2n) is 5.33. The number of nitriles is 1. The molecular formula is C13H17FN2S. The fourth-order valence-corrected chi connectivity index (χ4v) is 3.93. The molecule has 2 atom stereocenters. The average Bonchev–Trinajstić information content (AvgIpc) is 2.53. The summed E-state index contributed by atoms with van der Waals surface area (Å²) in [6, 6.07) is 2.19. The lowest BCUT2D eigenvalue weighted by molar-refractivity contribution is 0.191. The minimum absolute atomic E-state index is 0.272. The van der Waals surface area contributed by atoms with Crippen LogP contribution in [0.2, 0.25) is 0 Å². The van der Waals surface area contributed by atoms with Crippen LogP contribution in [0.25, 0.3) is 0 Å². The topological polar surface area (TPSA) is 49.8 Å². The summed E-state index contributed by atoms with van der Waals surface area (Å²) in [7, 11) is 0. The summed E-state index contributed by atoms with van der Waals surface area (Å²) in [5.41, 5.74) is 7.18. The highest BCUT2D eigenvalue weighted by Crippen LogP contribution is 2.49. The van der Waals surface area contributed by atoms with Gasteiger partial charge in [-0.3, -0.25) is 0 Å². The van der Waals surface area contributed by atoms with E-state index in [0.717, 1.165) is 10.4 Å². The first-order valence-electron chi connectivity index (χ1n) is 5.86. The van der Waals surface area contributed by atoms with E-state index in [9.17, 15) is 9.65 Å². The molecule has 0 saturated carbocycles. The van der Waals surface area contributed by atoms with E-state index in [0.29, 0.717) is 29.3 Å². The highest BCUT2D eigenvalue weighted by atomic mass is 32.1. The second kappa shape index (κ2) is 3.99. The summed E-state index contributed by atoms with van der Waals surface area (Å²) in [6.07, 6.45) is 0.0796. The number of alkyl halides is 1. The highest BCUT2D eigenvalue weighted by molar-refractivity contribution is 7.16. The molecule has 0 aliphatic heterocycles. The highest BCUT2D eigenvalue weighted by Gasteiger charge is 2.42. The third-order valence-corrected chi connectivity index (χ3v) is 5.06. The van der Waals surface area contributed by atoms with E-state index in [4.69, 9.17) is 5.73 Å². The molecule has 0 amide bonds. The lowest BCUT2D eigenvalue weighted by Crippen LogP contribution is -2.37. The number of anilines is 1. The van der Waals surface area contributed by atoms with Crippen molar-refractivity contribution >= 4 is 16.3 Å². The van der Waals surface area contributed by atoms with E-state index in [2.05, 4.69) is 26.8 Å². The van der Waals surface area contributed by atoms with E-state index >= 15 is 0 Å². The van der Waals surface area contributed by atoms with Crippen molar-refractivity contribution in [3.05, 3.63) is 16.0 Å². The van der Waals surface area contributed by atoms with Crippen LogP contribution in [0, 0.1) is 17.2 Å². The molecule has 0 spiro atoms. The molecule has 1 heterocycles. The largest absolute Gasteiger partial charge is 0.389 e. The SMILES string of the molecule is CC(C)C1(C)CC(F)Cc2sc(N)c(C#N)c21. The molecule has 0 radical (unpaired) electrons. The summed E-state index contributed by atoms with van der Waals surface area (Å²) in [5, 5.41) is 9.77. The Morgan fingerprint density at radius 1 is 1.59 bits per heavy atom. The fourth-order valence-electron chi connectivity index (χ4n) is 2.72. The Balaban J connectivity index is 2.67. The van der Waals surface area contributed by atoms with Gasteiger partial charge in [0.25, 0.3) is 0 Å². The Kier molecular flexibility index (Phi) is 2.90. The summed E-state index contributed by atoms with van der Waals surface area (Å²) in [6.45, 7) is 6.21. The smallest absolute Gasteiger partial charge is 0.106 e. The summed E-state index contributed by atoms with van der Waals surface area (Å²) >= 11 is 1.38. The van der Waals surface area contributed by atoms with Crippen LogP contribution in [0.1, 0.15) is 43.2 Å². The van der Waals surface area contributed by atoms with Gasteiger partial charge in [0.05, 0.1) is 5.56 Å². The van der Waals surface area contributed by atoms with Crippen LogP contribution in [-0.4, -0.2) is 6.17 Å². The van der Waals surface area contributed by atoms with Crippen molar-refractivity contribution in [1.29, 1.82) is 5.26 Å². The molecular weight excluding hydrogens is 235 g/mol. The summed E-state index contributed by atoms with van der Waals surface area (Å²) in [4.78, 5) is 0.967. The van der Waals surface area contributed by atoms with Crippen molar-refractivity contribution in [2.24, 2.45) is 5.92 Å². The normalized spacial score (nSPS) is 27.9. The molecule has 1 aromatic rings. The van der Waals surface area contributed by atoms with Crippen LogP contribution >= 0.6 is 11.3 Å². The standard InChI is InChI=1S/C13H17FN2S/c1-7(2)13(3)5-8(14)4-10-11(13)9(6-15)12(16)17-10/h7-8H,4-5,16H2,1-3H3. The second-order valence-corrected chi connectivity index (χ2v) is 6.47. The van der Waals surface area contributed by atoms with Gasteiger partial charge in [0.15, 0.2) is 0 Å². The Labute approximate surface area is 105 Å². The van der Waals surface area contributed by atoms with E-state index in [1.54, 1.807) is 0 Å². The molecule has 1 aliphatic carbocycles. The molecule has 2 unspecified atom stereocenters. The molecule has 4 heteroatoms. The molecule has 17 heavy (non-hydrogen) atoms. The van der Waals surface area contributed by atoms with Gasteiger partial charge in [-0.05, 0) is 17.9 Å². The van der Waals surface area contributed by atoms with Crippen LogP contribution in [0.15, 0.2) is 0 Å². The predicted molar refractivity (Wildman–Crippen MR) is 68.9 cm³/mol. The maximum Gasteiger partial charge on any atom is 0.106 e. The molecule has 0 aromatic carbocycles. The van der Waals surface area contributed by atoms with Crippen molar-refractivity contribution < 1.29 is 4.39 Å². The van der Waals surface area contributed by atoms with E-state index in [-0.39, 0.29) is 5.41 Å². The number of hydrogen-bond acceptors (Lipinski definition) is 3. The number of rotatable bonds is 1.